The summed E-state index contributed by atoms with van der Waals surface area (Å²) in [4.78, 5) is 11.3. The van der Waals surface area contributed by atoms with Crippen LogP contribution < -0.4 is 10.2 Å². The molecule has 0 aliphatic heterocycles. The van der Waals surface area contributed by atoms with Crippen molar-refractivity contribution in [2.24, 2.45) is 0 Å². The molecule has 0 aliphatic rings. The van der Waals surface area contributed by atoms with Gasteiger partial charge >= 0.3 is 0 Å². The van der Waals surface area contributed by atoms with Crippen molar-refractivity contribution in [1.29, 1.82) is 0 Å². The number of rotatable bonds is 7. The third-order valence-corrected chi connectivity index (χ3v) is 4.16. The minimum absolute atomic E-state index is 0.738. The molecule has 0 radical (unpaired) electrons. The zero-order valence-electron chi connectivity index (χ0n) is 14.8. The molecule has 2 aromatic carbocycles. The molecule has 0 saturated carbocycles. The molecule has 0 amide bonds. The fourth-order valence-corrected chi connectivity index (χ4v) is 2.67. The van der Waals surface area contributed by atoms with Crippen LogP contribution in [0.1, 0.15) is 25.0 Å². The van der Waals surface area contributed by atoms with Crippen LogP contribution >= 0.6 is 0 Å². The largest absolute Gasteiger partial charge is 0.340 e. The molecule has 0 spiro atoms. The summed E-state index contributed by atoms with van der Waals surface area (Å²) in [5, 5.41) is 3.36. The number of benzene rings is 2. The highest BCUT2D eigenvalue weighted by Gasteiger charge is 2.09. The third kappa shape index (κ3) is 4.57. The smallest absolute Gasteiger partial charge is 0.227 e. The Kier molecular flexibility index (Phi) is 5.62. The zero-order chi connectivity index (χ0) is 17.5. The fourth-order valence-electron chi connectivity index (χ4n) is 2.67. The van der Waals surface area contributed by atoms with Gasteiger partial charge in [-0.15, -0.1) is 0 Å². The summed E-state index contributed by atoms with van der Waals surface area (Å²) < 4.78 is 0. The Morgan fingerprint density at radius 3 is 2.32 bits per heavy atom. The Labute approximate surface area is 149 Å². The van der Waals surface area contributed by atoms with E-state index in [4.69, 9.17) is 0 Å². The summed E-state index contributed by atoms with van der Waals surface area (Å²) in [5.74, 6) is 1.54. The average molecular weight is 332 g/mol. The zero-order valence-corrected chi connectivity index (χ0v) is 14.8. The molecular formula is C21H24N4. The van der Waals surface area contributed by atoms with Gasteiger partial charge in [-0.1, -0.05) is 49.4 Å². The van der Waals surface area contributed by atoms with E-state index >= 15 is 0 Å². The predicted molar refractivity (Wildman–Crippen MR) is 104 cm³/mol. The monoisotopic (exact) mass is 332 g/mol. The number of aromatic nitrogens is 2. The molecule has 1 aromatic heterocycles. The lowest BCUT2D eigenvalue weighted by Crippen LogP contribution is -2.24. The molecule has 0 fully saturated rings. The molecule has 1 heterocycles. The van der Waals surface area contributed by atoms with Crippen LogP contribution in [0.2, 0.25) is 0 Å². The third-order valence-electron chi connectivity index (χ3n) is 4.16. The standard InChI is InChI=1S/C21H24N4/c1-3-17-10-12-19(13-11-17)23-20-14-15-22-21(24-20)25(4-2)16-18-8-6-5-7-9-18/h5-15H,3-4,16H2,1-2H3,(H,22,23,24). The van der Waals surface area contributed by atoms with E-state index in [1.807, 2.05) is 12.1 Å². The Morgan fingerprint density at radius 2 is 1.64 bits per heavy atom. The minimum atomic E-state index is 0.738. The maximum Gasteiger partial charge on any atom is 0.227 e. The summed E-state index contributed by atoms with van der Waals surface area (Å²) in [5.41, 5.74) is 3.61. The number of hydrogen-bond acceptors (Lipinski definition) is 4. The summed E-state index contributed by atoms with van der Waals surface area (Å²) in [6, 6.07) is 20.7. The highest BCUT2D eigenvalue weighted by Crippen LogP contribution is 2.18. The van der Waals surface area contributed by atoms with Crippen LogP contribution in [0.3, 0.4) is 0 Å². The second-order valence-corrected chi connectivity index (χ2v) is 5.92. The first-order valence-corrected chi connectivity index (χ1v) is 8.76. The van der Waals surface area contributed by atoms with Crippen LogP contribution in [-0.4, -0.2) is 16.5 Å². The summed E-state index contributed by atoms with van der Waals surface area (Å²) >= 11 is 0. The van der Waals surface area contributed by atoms with E-state index in [-0.39, 0.29) is 0 Å². The SMILES string of the molecule is CCc1ccc(Nc2ccnc(N(CC)Cc3ccccc3)n2)cc1. The van der Waals surface area contributed by atoms with Crippen molar-refractivity contribution in [2.75, 3.05) is 16.8 Å². The van der Waals surface area contributed by atoms with E-state index in [9.17, 15) is 0 Å². The summed E-state index contributed by atoms with van der Waals surface area (Å²) in [7, 11) is 0. The number of aryl methyl sites for hydroxylation is 1. The van der Waals surface area contributed by atoms with E-state index in [1.54, 1.807) is 6.20 Å². The number of nitrogens with one attached hydrogen (secondary N) is 1. The first-order valence-electron chi connectivity index (χ1n) is 8.76. The van der Waals surface area contributed by atoms with Crippen molar-refractivity contribution in [3.63, 3.8) is 0 Å². The van der Waals surface area contributed by atoms with Gasteiger partial charge in [0.25, 0.3) is 0 Å². The van der Waals surface area contributed by atoms with Gasteiger partial charge in [-0.3, -0.25) is 0 Å². The molecule has 3 rings (SSSR count). The van der Waals surface area contributed by atoms with Crippen LogP contribution in [0.4, 0.5) is 17.5 Å². The van der Waals surface area contributed by atoms with E-state index < -0.39 is 0 Å². The molecule has 3 aromatic rings. The lowest BCUT2D eigenvalue weighted by molar-refractivity contribution is 0.792. The first kappa shape index (κ1) is 17.0. The maximum absolute atomic E-state index is 4.68. The second kappa shape index (κ2) is 8.29. The molecule has 0 saturated heterocycles. The molecule has 0 atom stereocenters. The van der Waals surface area contributed by atoms with Gasteiger partial charge in [0.15, 0.2) is 0 Å². The van der Waals surface area contributed by atoms with Crippen molar-refractivity contribution >= 4 is 17.5 Å². The van der Waals surface area contributed by atoms with Gasteiger partial charge in [-0.05, 0) is 42.7 Å². The summed E-state index contributed by atoms with van der Waals surface area (Å²) in [6.07, 6.45) is 2.85. The van der Waals surface area contributed by atoms with Crippen LogP contribution in [0.5, 0.6) is 0 Å². The Bertz CT molecular complexity index is 785. The molecule has 4 heteroatoms. The summed E-state index contributed by atoms with van der Waals surface area (Å²) in [6.45, 7) is 5.93. The topological polar surface area (TPSA) is 41.1 Å². The van der Waals surface area contributed by atoms with Gasteiger partial charge in [-0.2, -0.15) is 4.98 Å². The number of hydrogen-bond donors (Lipinski definition) is 1. The second-order valence-electron chi connectivity index (χ2n) is 5.92. The van der Waals surface area contributed by atoms with Gasteiger partial charge in [0.05, 0.1) is 0 Å². The molecule has 4 nitrogen and oxygen atoms in total. The molecule has 1 N–H and O–H groups in total. The van der Waals surface area contributed by atoms with Crippen molar-refractivity contribution in [3.8, 4) is 0 Å². The van der Waals surface area contributed by atoms with Crippen molar-refractivity contribution < 1.29 is 0 Å². The van der Waals surface area contributed by atoms with Crippen LogP contribution in [0.15, 0.2) is 66.9 Å². The van der Waals surface area contributed by atoms with Gasteiger partial charge in [-0.25, -0.2) is 4.98 Å². The number of nitrogens with zero attached hydrogens (tertiary/aromatic N) is 3. The Balaban J connectivity index is 1.74. The molecule has 0 unspecified atom stereocenters. The fraction of sp³-hybridized carbons (Fsp3) is 0.238. The lowest BCUT2D eigenvalue weighted by Gasteiger charge is -2.21. The highest BCUT2D eigenvalue weighted by atomic mass is 15.3. The highest BCUT2D eigenvalue weighted by molar-refractivity contribution is 5.57. The van der Waals surface area contributed by atoms with Crippen LogP contribution in [0, 0.1) is 0 Å². The van der Waals surface area contributed by atoms with Crippen LogP contribution in [-0.2, 0) is 13.0 Å². The molecular weight excluding hydrogens is 308 g/mol. The Hall–Kier alpha value is -2.88. The first-order chi connectivity index (χ1) is 12.3. The van der Waals surface area contributed by atoms with Gasteiger partial charge < -0.3 is 10.2 Å². The van der Waals surface area contributed by atoms with E-state index in [2.05, 4.69) is 82.6 Å². The van der Waals surface area contributed by atoms with Crippen molar-refractivity contribution in [2.45, 2.75) is 26.8 Å². The van der Waals surface area contributed by atoms with Crippen LogP contribution in [0.25, 0.3) is 0 Å². The normalized spacial score (nSPS) is 10.5. The van der Waals surface area contributed by atoms with Crippen molar-refractivity contribution in [3.05, 3.63) is 78.0 Å². The van der Waals surface area contributed by atoms with Gasteiger partial charge in [0, 0.05) is 25.0 Å². The van der Waals surface area contributed by atoms with E-state index in [1.165, 1.54) is 11.1 Å². The maximum atomic E-state index is 4.68. The predicted octanol–water partition coefficient (Wildman–Crippen LogP) is 4.81. The quantitative estimate of drug-likeness (QED) is 0.674. The van der Waals surface area contributed by atoms with E-state index in [0.717, 1.165) is 37.0 Å². The molecule has 0 aliphatic carbocycles. The van der Waals surface area contributed by atoms with E-state index in [0.29, 0.717) is 0 Å². The number of anilines is 3. The minimum Gasteiger partial charge on any atom is -0.340 e. The lowest BCUT2D eigenvalue weighted by atomic mass is 10.1. The van der Waals surface area contributed by atoms with Crippen molar-refractivity contribution in [1.82, 2.24) is 9.97 Å². The average Bonchev–Trinajstić information content (AvgIpc) is 2.68. The molecule has 0 bridgehead atoms. The molecule has 128 valence electrons. The van der Waals surface area contributed by atoms with Gasteiger partial charge in [0.1, 0.15) is 5.82 Å². The van der Waals surface area contributed by atoms with Gasteiger partial charge in [0.2, 0.25) is 5.95 Å². The Morgan fingerprint density at radius 1 is 0.880 bits per heavy atom. The molecule has 25 heavy (non-hydrogen) atoms.